The van der Waals surface area contributed by atoms with Gasteiger partial charge in [0, 0.05) is 38.5 Å². The molecule has 0 N–H and O–H groups in total. The number of fused-ring (bicyclic) bond motifs is 9. The molecular formula is C53H37NO. The summed E-state index contributed by atoms with van der Waals surface area (Å²) in [5.74, 6) is 0. The van der Waals surface area contributed by atoms with E-state index < -0.39 is 0 Å². The number of hydrogen-bond donors (Lipinski definition) is 0. The molecule has 0 saturated heterocycles. The zero-order valence-electron chi connectivity index (χ0n) is 30.8. The lowest BCUT2D eigenvalue weighted by molar-refractivity contribution is 0.660. The minimum Gasteiger partial charge on any atom is -0.455 e. The first-order valence-corrected chi connectivity index (χ1v) is 19.1. The zero-order chi connectivity index (χ0) is 36.7. The number of anilines is 3. The number of benzene rings is 9. The van der Waals surface area contributed by atoms with Crippen LogP contribution in [-0.4, -0.2) is 0 Å². The quantitative estimate of drug-likeness (QED) is 0.177. The third-order valence-corrected chi connectivity index (χ3v) is 11.9. The summed E-state index contributed by atoms with van der Waals surface area (Å²) in [6.07, 6.45) is 0. The van der Waals surface area contributed by atoms with Gasteiger partial charge in [0.25, 0.3) is 0 Å². The fraction of sp³-hybridized carbons (Fsp3) is 0.0566. The van der Waals surface area contributed by atoms with Crippen LogP contribution < -0.4 is 4.90 Å². The van der Waals surface area contributed by atoms with Crippen LogP contribution in [-0.2, 0) is 5.41 Å². The van der Waals surface area contributed by atoms with Gasteiger partial charge >= 0.3 is 0 Å². The summed E-state index contributed by atoms with van der Waals surface area (Å²) in [7, 11) is 0. The fourth-order valence-corrected chi connectivity index (χ4v) is 9.20. The highest BCUT2D eigenvalue weighted by molar-refractivity contribution is 6.19. The predicted octanol–water partition coefficient (Wildman–Crippen LogP) is 15.0. The maximum absolute atomic E-state index is 6.56. The molecule has 0 fully saturated rings. The lowest BCUT2D eigenvalue weighted by atomic mass is 9.82. The SMILES string of the molecule is CC1(C)c2ccccc2-c2ccc(N(c3ccc(-c4cccc5ccc6c7ccccc7oc6c45)cc3)c3ccccc3-c3cccc4ccccc34)cc21. The molecule has 0 saturated carbocycles. The number of para-hydroxylation sites is 2. The molecule has 9 aromatic carbocycles. The van der Waals surface area contributed by atoms with E-state index in [0.29, 0.717) is 0 Å². The summed E-state index contributed by atoms with van der Waals surface area (Å²) in [5, 5.41) is 7.07. The van der Waals surface area contributed by atoms with Gasteiger partial charge in [0.05, 0.1) is 5.69 Å². The van der Waals surface area contributed by atoms with Gasteiger partial charge in [-0.25, -0.2) is 0 Å². The Balaban J connectivity index is 1.11. The molecule has 0 unspecified atom stereocenters. The Morgan fingerprint density at radius 2 is 1.05 bits per heavy atom. The smallest absolute Gasteiger partial charge is 0.143 e. The maximum Gasteiger partial charge on any atom is 0.143 e. The summed E-state index contributed by atoms with van der Waals surface area (Å²) in [6, 6.07) is 68.5. The van der Waals surface area contributed by atoms with Crippen LogP contribution >= 0.6 is 0 Å². The third-order valence-electron chi connectivity index (χ3n) is 11.9. The molecule has 11 rings (SSSR count). The summed E-state index contributed by atoms with van der Waals surface area (Å²) in [5.41, 5.74) is 15.2. The van der Waals surface area contributed by atoms with Gasteiger partial charge in [0.2, 0.25) is 0 Å². The van der Waals surface area contributed by atoms with Crippen molar-refractivity contribution in [3.05, 3.63) is 199 Å². The molecule has 2 nitrogen and oxygen atoms in total. The average Bonchev–Trinajstić information content (AvgIpc) is 3.73. The van der Waals surface area contributed by atoms with E-state index in [2.05, 4.69) is 201 Å². The second kappa shape index (κ2) is 12.1. The molecule has 1 aromatic heterocycles. The standard InChI is InChI=1S/C53H37NO/c1-53(2)47-22-8-5-17-42(47)43-32-30-38(33-48(43)53)54(49-23-9-6-18-44(49)41-21-11-14-34-13-3-4-16-39(34)41)37-28-25-35(26-29-37)40-20-12-15-36-27-31-46-45-19-7-10-24-50(45)55-52(46)51(36)40/h3-33H,1-2H3. The van der Waals surface area contributed by atoms with Crippen LogP contribution in [0.1, 0.15) is 25.0 Å². The predicted molar refractivity (Wildman–Crippen MR) is 232 cm³/mol. The van der Waals surface area contributed by atoms with Crippen LogP contribution in [0.3, 0.4) is 0 Å². The van der Waals surface area contributed by atoms with Crippen molar-refractivity contribution in [3.63, 3.8) is 0 Å². The van der Waals surface area contributed by atoms with E-state index in [4.69, 9.17) is 4.42 Å². The average molecular weight is 704 g/mol. The highest BCUT2D eigenvalue weighted by Gasteiger charge is 2.36. The third kappa shape index (κ3) is 4.81. The molecule has 10 aromatic rings. The minimum atomic E-state index is -0.122. The van der Waals surface area contributed by atoms with Crippen LogP contribution in [0.15, 0.2) is 192 Å². The van der Waals surface area contributed by atoms with E-state index in [-0.39, 0.29) is 5.41 Å². The first kappa shape index (κ1) is 31.6. The second-order valence-electron chi connectivity index (χ2n) is 15.3. The van der Waals surface area contributed by atoms with Crippen molar-refractivity contribution < 1.29 is 4.42 Å². The van der Waals surface area contributed by atoms with Crippen LogP contribution in [0.5, 0.6) is 0 Å². The summed E-state index contributed by atoms with van der Waals surface area (Å²) >= 11 is 0. The molecule has 1 heterocycles. The van der Waals surface area contributed by atoms with E-state index in [1.807, 2.05) is 6.07 Å². The van der Waals surface area contributed by atoms with Crippen LogP contribution in [0.25, 0.3) is 76.9 Å². The van der Waals surface area contributed by atoms with E-state index in [1.165, 1.54) is 49.5 Å². The van der Waals surface area contributed by atoms with Gasteiger partial charge in [-0.15, -0.1) is 0 Å². The molecule has 0 radical (unpaired) electrons. The highest BCUT2D eigenvalue weighted by Crippen LogP contribution is 2.51. The largest absolute Gasteiger partial charge is 0.455 e. The molecule has 0 bridgehead atoms. The first-order valence-electron chi connectivity index (χ1n) is 19.1. The monoisotopic (exact) mass is 703 g/mol. The van der Waals surface area contributed by atoms with E-state index in [1.54, 1.807) is 0 Å². The Hall–Kier alpha value is -6.90. The number of nitrogens with zero attached hydrogens (tertiary/aromatic N) is 1. The van der Waals surface area contributed by atoms with Crippen LogP contribution in [0.2, 0.25) is 0 Å². The molecule has 2 heteroatoms. The van der Waals surface area contributed by atoms with Crippen molar-refractivity contribution in [2.45, 2.75) is 19.3 Å². The molecule has 0 spiro atoms. The molecule has 0 amide bonds. The molecule has 1 aliphatic carbocycles. The Morgan fingerprint density at radius 1 is 0.418 bits per heavy atom. The van der Waals surface area contributed by atoms with Crippen molar-refractivity contribution in [2.75, 3.05) is 4.90 Å². The molecular weight excluding hydrogens is 667 g/mol. The lowest BCUT2D eigenvalue weighted by Gasteiger charge is -2.30. The maximum atomic E-state index is 6.56. The van der Waals surface area contributed by atoms with E-state index in [0.717, 1.165) is 55.5 Å². The number of furan rings is 1. The second-order valence-corrected chi connectivity index (χ2v) is 15.3. The van der Waals surface area contributed by atoms with Crippen molar-refractivity contribution in [2.24, 2.45) is 0 Å². The van der Waals surface area contributed by atoms with Gasteiger partial charge in [-0.3, -0.25) is 0 Å². The van der Waals surface area contributed by atoms with Crippen LogP contribution in [0, 0.1) is 0 Å². The number of hydrogen-bond acceptors (Lipinski definition) is 2. The Kier molecular flexibility index (Phi) is 6.93. The van der Waals surface area contributed by atoms with Gasteiger partial charge in [-0.1, -0.05) is 159 Å². The van der Waals surface area contributed by atoms with Crippen LogP contribution in [0.4, 0.5) is 17.1 Å². The summed E-state index contributed by atoms with van der Waals surface area (Å²) in [4.78, 5) is 2.45. The minimum absolute atomic E-state index is 0.122. The molecule has 1 aliphatic rings. The van der Waals surface area contributed by atoms with Gasteiger partial charge in [0.1, 0.15) is 11.2 Å². The summed E-state index contributed by atoms with van der Waals surface area (Å²) in [6.45, 7) is 4.71. The van der Waals surface area contributed by atoms with Gasteiger partial charge < -0.3 is 9.32 Å². The Labute approximate surface area is 320 Å². The van der Waals surface area contributed by atoms with Crippen molar-refractivity contribution >= 4 is 60.5 Å². The van der Waals surface area contributed by atoms with Gasteiger partial charge in [0.15, 0.2) is 0 Å². The molecule has 0 atom stereocenters. The zero-order valence-corrected chi connectivity index (χ0v) is 30.8. The van der Waals surface area contributed by atoms with Crippen molar-refractivity contribution in [3.8, 4) is 33.4 Å². The van der Waals surface area contributed by atoms with Gasteiger partial charge in [-0.2, -0.15) is 0 Å². The molecule has 55 heavy (non-hydrogen) atoms. The normalized spacial score (nSPS) is 13.1. The molecule has 0 aliphatic heterocycles. The molecule has 260 valence electrons. The van der Waals surface area contributed by atoms with E-state index in [9.17, 15) is 0 Å². The fourth-order valence-electron chi connectivity index (χ4n) is 9.20. The summed E-state index contributed by atoms with van der Waals surface area (Å²) < 4.78 is 6.56. The van der Waals surface area contributed by atoms with Gasteiger partial charge in [-0.05, 0) is 97.6 Å². The lowest BCUT2D eigenvalue weighted by Crippen LogP contribution is -2.16. The highest BCUT2D eigenvalue weighted by atomic mass is 16.3. The van der Waals surface area contributed by atoms with E-state index >= 15 is 0 Å². The Bertz CT molecular complexity index is 3120. The van der Waals surface area contributed by atoms with Crippen molar-refractivity contribution in [1.82, 2.24) is 0 Å². The Morgan fingerprint density at radius 3 is 1.93 bits per heavy atom. The number of rotatable bonds is 5. The van der Waals surface area contributed by atoms with Crippen molar-refractivity contribution in [1.29, 1.82) is 0 Å². The topological polar surface area (TPSA) is 16.4 Å². The first-order chi connectivity index (χ1) is 27.0.